The standard InChI is InChI=1S/C17H17NO2/c19-18-15-11-16(13-7-3-1-4-8-13)20-17(12-15)14-9-5-2-6-10-14/h1-10,16-17,19H,11-12H2/t16-,17-/m1/s1. The monoisotopic (exact) mass is 267 g/mol. The quantitative estimate of drug-likeness (QED) is 0.657. The maximum Gasteiger partial charge on any atom is 0.0886 e. The van der Waals surface area contributed by atoms with E-state index in [-0.39, 0.29) is 12.2 Å². The summed E-state index contributed by atoms with van der Waals surface area (Å²) in [6.07, 6.45) is 1.18. The van der Waals surface area contributed by atoms with Crippen molar-refractivity contribution in [1.82, 2.24) is 0 Å². The van der Waals surface area contributed by atoms with Crippen LogP contribution >= 0.6 is 0 Å². The highest BCUT2D eigenvalue weighted by atomic mass is 16.5. The lowest BCUT2D eigenvalue weighted by atomic mass is 9.93. The molecule has 0 bridgehead atoms. The molecule has 1 aliphatic heterocycles. The van der Waals surface area contributed by atoms with Gasteiger partial charge in [-0.25, -0.2) is 0 Å². The lowest BCUT2D eigenvalue weighted by Crippen LogP contribution is -2.23. The van der Waals surface area contributed by atoms with E-state index < -0.39 is 0 Å². The summed E-state index contributed by atoms with van der Waals surface area (Å²) >= 11 is 0. The first-order valence-electron chi connectivity index (χ1n) is 6.82. The number of rotatable bonds is 2. The Labute approximate surface area is 118 Å². The molecule has 2 aromatic carbocycles. The van der Waals surface area contributed by atoms with Gasteiger partial charge in [-0.15, -0.1) is 0 Å². The van der Waals surface area contributed by atoms with Gasteiger partial charge in [0.2, 0.25) is 0 Å². The van der Waals surface area contributed by atoms with Gasteiger partial charge in [-0.05, 0) is 11.1 Å². The van der Waals surface area contributed by atoms with Crippen LogP contribution in [0.3, 0.4) is 0 Å². The Morgan fingerprint density at radius 2 is 1.25 bits per heavy atom. The largest absolute Gasteiger partial charge is 0.411 e. The van der Waals surface area contributed by atoms with Gasteiger partial charge in [0, 0.05) is 12.8 Å². The zero-order chi connectivity index (χ0) is 13.8. The fourth-order valence-corrected chi connectivity index (χ4v) is 2.62. The van der Waals surface area contributed by atoms with Gasteiger partial charge in [0.1, 0.15) is 0 Å². The van der Waals surface area contributed by atoms with Gasteiger partial charge in [0.25, 0.3) is 0 Å². The second kappa shape index (κ2) is 5.88. The SMILES string of the molecule is ON=C1C[C@H](c2ccccc2)O[C@@H](c2ccccc2)C1. The molecule has 2 atom stereocenters. The number of hydrogen-bond acceptors (Lipinski definition) is 3. The third-order valence-corrected chi connectivity index (χ3v) is 3.65. The van der Waals surface area contributed by atoms with Crippen LogP contribution in [0.4, 0.5) is 0 Å². The Bertz CT molecular complexity index is 531. The molecule has 3 rings (SSSR count). The van der Waals surface area contributed by atoms with E-state index >= 15 is 0 Å². The van der Waals surface area contributed by atoms with E-state index in [2.05, 4.69) is 5.16 Å². The Morgan fingerprint density at radius 1 is 0.800 bits per heavy atom. The summed E-state index contributed by atoms with van der Waals surface area (Å²) in [5, 5.41) is 12.6. The highest BCUT2D eigenvalue weighted by Crippen LogP contribution is 2.37. The molecule has 0 amide bonds. The zero-order valence-electron chi connectivity index (χ0n) is 11.1. The number of benzene rings is 2. The predicted octanol–water partition coefficient (Wildman–Crippen LogP) is 4.11. The van der Waals surface area contributed by atoms with E-state index in [1.807, 2.05) is 60.7 Å². The highest BCUT2D eigenvalue weighted by Gasteiger charge is 2.28. The molecule has 0 unspecified atom stereocenters. The van der Waals surface area contributed by atoms with E-state index in [4.69, 9.17) is 9.94 Å². The Kier molecular flexibility index (Phi) is 3.79. The number of oxime groups is 1. The average Bonchev–Trinajstić information content (AvgIpc) is 2.56. The van der Waals surface area contributed by atoms with Crippen molar-refractivity contribution >= 4 is 5.71 Å². The normalized spacial score (nSPS) is 22.5. The van der Waals surface area contributed by atoms with Crippen LogP contribution in [-0.2, 0) is 4.74 Å². The highest BCUT2D eigenvalue weighted by molar-refractivity contribution is 5.85. The number of hydrogen-bond donors (Lipinski definition) is 1. The smallest absolute Gasteiger partial charge is 0.0886 e. The summed E-state index contributed by atoms with van der Waals surface area (Å²) in [7, 11) is 0. The molecule has 0 saturated carbocycles. The minimum absolute atomic E-state index is 0.0546. The van der Waals surface area contributed by atoms with Crippen LogP contribution < -0.4 is 0 Å². The molecular formula is C17H17NO2. The molecule has 1 N–H and O–H groups in total. The minimum Gasteiger partial charge on any atom is -0.411 e. The van der Waals surface area contributed by atoms with Crippen molar-refractivity contribution < 1.29 is 9.94 Å². The molecule has 0 radical (unpaired) electrons. The van der Waals surface area contributed by atoms with Gasteiger partial charge >= 0.3 is 0 Å². The second-order valence-electron chi connectivity index (χ2n) is 5.01. The van der Waals surface area contributed by atoms with Crippen LogP contribution in [0, 0.1) is 0 Å². The van der Waals surface area contributed by atoms with Crippen LogP contribution in [-0.4, -0.2) is 10.9 Å². The van der Waals surface area contributed by atoms with Crippen molar-refractivity contribution in [3.63, 3.8) is 0 Å². The predicted molar refractivity (Wildman–Crippen MR) is 77.9 cm³/mol. The van der Waals surface area contributed by atoms with Gasteiger partial charge in [-0.1, -0.05) is 65.8 Å². The molecule has 3 nitrogen and oxygen atoms in total. The fraction of sp³-hybridized carbons (Fsp3) is 0.235. The van der Waals surface area contributed by atoms with Crippen molar-refractivity contribution in [1.29, 1.82) is 0 Å². The molecule has 3 heteroatoms. The van der Waals surface area contributed by atoms with Crippen molar-refractivity contribution in [2.45, 2.75) is 25.0 Å². The maximum atomic E-state index is 9.15. The van der Waals surface area contributed by atoms with Crippen molar-refractivity contribution in [2.75, 3.05) is 0 Å². The van der Waals surface area contributed by atoms with Gasteiger partial charge in [0.15, 0.2) is 0 Å². The summed E-state index contributed by atoms with van der Waals surface area (Å²) in [6, 6.07) is 20.2. The van der Waals surface area contributed by atoms with E-state index in [1.54, 1.807) is 0 Å². The molecule has 102 valence electrons. The third kappa shape index (κ3) is 2.73. The van der Waals surface area contributed by atoms with E-state index in [0.29, 0.717) is 12.8 Å². The number of ether oxygens (including phenoxy) is 1. The lowest BCUT2D eigenvalue weighted by Gasteiger charge is -2.31. The van der Waals surface area contributed by atoms with E-state index in [1.165, 1.54) is 0 Å². The maximum absolute atomic E-state index is 9.15. The minimum atomic E-state index is -0.0546. The molecule has 0 aromatic heterocycles. The topological polar surface area (TPSA) is 41.8 Å². The fourth-order valence-electron chi connectivity index (χ4n) is 2.62. The van der Waals surface area contributed by atoms with Crippen LogP contribution in [0.15, 0.2) is 65.8 Å². The van der Waals surface area contributed by atoms with Gasteiger partial charge < -0.3 is 9.94 Å². The Hall–Kier alpha value is -2.13. The molecule has 1 aliphatic rings. The second-order valence-corrected chi connectivity index (χ2v) is 5.01. The first kappa shape index (κ1) is 12.9. The molecule has 0 aliphatic carbocycles. The summed E-state index contributed by atoms with van der Waals surface area (Å²) < 4.78 is 6.20. The first-order chi connectivity index (χ1) is 9.86. The van der Waals surface area contributed by atoms with Crippen LogP contribution in [0.25, 0.3) is 0 Å². The molecule has 20 heavy (non-hydrogen) atoms. The summed E-state index contributed by atoms with van der Waals surface area (Å²) in [4.78, 5) is 0. The molecule has 1 fully saturated rings. The summed E-state index contributed by atoms with van der Waals surface area (Å²) in [6.45, 7) is 0. The molecule has 1 saturated heterocycles. The first-order valence-corrected chi connectivity index (χ1v) is 6.82. The van der Waals surface area contributed by atoms with Crippen molar-refractivity contribution in [3.8, 4) is 0 Å². The zero-order valence-corrected chi connectivity index (χ0v) is 11.1. The van der Waals surface area contributed by atoms with Gasteiger partial charge in [0.05, 0.1) is 17.9 Å². The third-order valence-electron chi connectivity index (χ3n) is 3.65. The van der Waals surface area contributed by atoms with E-state index in [0.717, 1.165) is 16.8 Å². The molecular weight excluding hydrogens is 250 g/mol. The Morgan fingerprint density at radius 3 is 1.65 bits per heavy atom. The average molecular weight is 267 g/mol. The summed E-state index contributed by atoms with van der Waals surface area (Å²) in [5.74, 6) is 0. The summed E-state index contributed by atoms with van der Waals surface area (Å²) in [5.41, 5.74) is 3.03. The van der Waals surface area contributed by atoms with Crippen LogP contribution in [0.1, 0.15) is 36.2 Å². The lowest BCUT2D eigenvalue weighted by molar-refractivity contribution is -0.0217. The van der Waals surface area contributed by atoms with Gasteiger partial charge in [-0.2, -0.15) is 0 Å². The van der Waals surface area contributed by atoms with Gasteiger partial charge in [-0.3, -0.25) is 0 Å². The van der Waals surface area contributed by atoms with Crippen LogP contribution in [0.2, 0.25) is 0 Å². The number of nitrogens with zero attached hydrogens (tertiary/aromatic N) is 1. The Balaban J connectivity index is 1.87. The van der Waals surface area contributed by atoms with Crippen molar-refractivity contribution in [3.05, 3.63) is 71.8 Å². The van der Waals surface area contributed by atoms with E-state index in [9.17, 15) is 0 Å². The van der Waals surface area contributed by atoms with Crippen molar-refractivity contribution in [2.24, 2.45) is 5.16 Å². The molecule has 0 spiro atoms. The molecule has 2 aromatic rings. The molecule has 1 heterocycles. The van der Waals surface area contributed by atoms with Crippen LogP contribution in [0.5, 0.6) is 0 Å².